The molecule has 3 rings (SSSR count). The van der Waals surface area contributed by atoms with Gasteiger partial charge in [0.25, 0.3) is 0 Å². The van der Waals surface area contributed by atoms with Gasteiger partial charge >= 0.3 is 0 Å². The van der Waals surface area contributed by atoms with E-state index in [2.05, 4.69) is 5.32 Å². The lowest BCUT2D eigenvalue weighted by Crippen LogP contribution is -2.43. The van der Waals surface area contributed by atoms with Crippen LogP contribution >= 0.6 is 0 Å². The molecule has 25 heavy (non-hydrogen) atoms. The van der Waals surface area contributed by atoms with E-state index >= 15 is 0 Å². The van der Waals surface area contributed by atoms with E-state index in [0.717, 1.165) is 11.3 Å². The van der Waals surface area contributed by atoms with E-state index in [1.807, 2.05) is 42.5 Å². The average Bonchev–Trinajstić information content (AvgIpc) is 3.25. The molecule has 0 saturated carbocycles. The summed E-state index contributed by atoms with van der Waals surface area (Å²) in [5.41, 5.74) is 0.997. The summed E-state index contributed by atoms with van der Waals surface area (Å²) in [4.78, 5) is 14.0. The van der Waals surface area contributed by atoms with Crippen molar-refractivity contribution in [2.45, 2.75) is 18.5 Å². The Morgan fingerprint density at radius 1 is 1.28 bits per heavy atom. The number of hydrogen-bond acceptors (Lipinski definition) is 5. The minimum atomic E-state index is -3.01. The molecule has 2 aromatic rings. The molecule has 134 valence electrons. The van der Waals surface area contributed by atoms with Crippen molar-refractivity contribution < 1.29 is 17.6 Å². The van der Waals surface area contributed by atoms with E-state index in [0.29, 0.717) is 6.42 Å². The van der Waals surface area contributed by atoms with Crippen LogP contribution < -0.4 is 5.32 Å². The van der Waals surface area contributed by atoms with Crippen molar-refractivity contribution in [2.75, 3.05) is 25.1 Å². The van der Waals surface area contributed by atoms with Gasteiger partial charge in [0, 0.05) is 13.1 Å². The molecule has 0 unspecified atom stereocenters. The van der Waals surface area contributed by atoms with Gasteiger partial charge < -0.3 is 9.32 Å². The first kappa shape index (κ1) is 17.7. The van der Waals surface area contributed by atoms with Crippen LogP contribution in [0.3, 0.4) is 0 Å². The number of carbonyl (C=O) groups excluding carboxylic acids is 1. The van der Waals surface area contributed by atoms with E-state index in [1.54, 1.807) is 18.2 Å². The van der Waals surface area contributed by atoms with Crippen molar-refractivity contribution in [1.82, 2.24) is 10.2 Å². The van der Waals surface area contributed by atoms with Crippen molar-refractivity contribution in [3.05, 3.63) is 60.1 Å². The summed E-state index contributed by atoms with van der Waals surface area (Å²) in [6.45, 7) is 0.104. The number of rotatable bonds is 6. The molecule has 1 amide bonds. The molecule has 6 nitrogen and oxygen atoms in total. The molecule has 1 aromatic carbocycles. The third kappa shape index (κ3) is 4.29. The molecular formula is C18H22N2O4S. The van der Waals surface area contributed by atoms with Gasteiger partial charge in [0.05, 0.1) is 30.4 Å². The van der Waals surface area contributed by atoms with Gasteiger partial charge in [0.2, 0.25) is 5.91 Å². The molecule has 2 heterocycles. The number of nitrogens with one attached hydrogen (secondary N) is 1. The third-order valence-corrected chi connectivity index (χ3v) is 6.32. The fourth-order valence-corrected chi connectivity index (χ4v) is 4.86. The van der Waals surface area contributed by atoms with Gasteiger partial charge in [-0.2, -0.15) is 0 Å². The number of amides is 1. The Balaban J connectivity index is 1.66. The summed E-state index contributed by atoms with van der Waals surface area (Å²) < 4.78 is 28.7. The minimum Gasteiger partial charge on any atom is -0.467 e. The standard InChI is InChI=1S/C18H22N2O4S/c1-20(15-9-11-25(22,23)13-15)17(21)12-19-18(16-8-5-10-24-16)14-6-3-2-4-7-14/h2-8,10,15,18-19H,9,11-13H2,1H3/t15-,18+/m0/s1. The molecule has 1 N–H and O–H groups in total. The van der Waals surface area contributed by atoms with Gasteiger partial charge in [0.1, 0.15) is 5.76 Å². The first-order valence-corrected chi connectivity index (χ1v) is 10.1. The van der Waals surface area contributed by atoms with Crippen LogP contribution in [0.25, 0.3) is 0 Å². The van der Waals surface area contributed by atoms with Crippen LogP contribution in [0.15, 0.2) is 53.1 Å². The smallest absolute Gasteiger partial charge is 0.236 e. The number of nitrogens with zero attached hydrogens (tertiary/aromatic N) is 1. The molecule has 2 atom stereocenters. The number of carbonyl (C=O) groups is 1. The lowest BCUT2D eigenvalue weighted by atomic mass is 10.0. The predicted octanol–water partition coefficient (Wildman–Crippen LogP) is 1.60. The van der Waals surface area contributed by atoms with Crippen molar-refractivity contribution in [2.24, 2.45) is 0 Å². The Morgan fingerprint density at radius 2 is 2.04 bits per heavy atom. The van der Waals surface area contributed by atoms with Crippen LogP contribution in [0.4, 0.5) is 0 Å². The molecule has 1 aliphatic heterocycles. The lowest BCUT2D eigenvalue weighted by molar-refractivity contribution is -0.130. The molecule has 1 saturated heterocycles. The normalized spacial score (nSPS) is 20.3. The summed E-state index contributed by atoms with van der Waals surface area (Å²) in [6.07, 6.45) is 2.11. The third-order valence-electron chi connectivity index (χ3n) is 4.57. The van der Waals surface area contributed by atoms with Crippen molar-refractivity contribution in [1.29, 1.82) is 0 Å². The summed E-state index contributed by atoms with van der Waals surface area (Å²) in [6, 6.07) is 12.9. The fraction of sp³-hybridized carbons (Fsp3) is 0.389. The van der Waals surface area contributed by atoms with Crippen LogP contribution in [-0.4, -0.2) is 50.4 Å². The van der Waals surface area contributed by atoms with Gasteiger partial charge in [-0.25, -0.2) is 8.42 Å². The molecule has 1 aromatic heterocycles. The number of benzene rings is 1. The first-order valence-electron chi connectivity index (χ1n) is 8.24. The van der Waals surface area contributed by atoms with Crippen molar-refractivity contribution >= 4 is 15.7 Å². The number of sulfone groups is 1. The van der Waals surface area contributed by atoms with E-state index in [9.17, 15) is 13.2 Å². The zero-order valence-electron chi connectivity index (χ0n) is 14.1. The summed E-state index contributed by atoms with van der Waals surface area (Å²) >= 11 is 0. The first-order chi connectivity index (χ1) is 12.0. The maximum absolute atomic E-state index is 12.5. The number of furan rings is 1. The van der Waals surface area contributed by atoms with E-state index < -0.39 is 9.84 Å². The van der Waals surface area contributed by atoms with E-state index in [-0.39, 0.29) is 36.0 Å². The lowest BCUT2D eigenvalue weighted by Gasteiger charge is -2.25. The van der Waals surface area contributed by atoms with E-state index in [1.165, 1.54) is 0 Å². The second-order valence-electron chi connectivity index (χ2n) is 6.30. The molecule has 0 spiro atoms. The maximum Gasteiger partial charge on any atom is 0.236 e. The Labute approximate surface area is 147 Å². The Kier molecular flexibility index (Phi) is 5.24. The molecule has 0 aliphatic carbocycles. The zero-order chi connectivity index (χ0) is 17.9. The summed E-state index contributed by atoms with van der Waals surface area (Å²) in [7, 11) is -1.35. The Morgan fingerprint density at radius 3 is 2.64 bits per heavy atom. The average molecular weight is 362 g/mol. The quantitative estimate of drug-likeness (QED) is 0.844. The Bertz CT molecular complexity index is 803. The highest BCUT2D eigenvalue weighted by atomic mass is 32.2. The second-order valence-corrected chi connectivity index (χ2v) is 8.53. The topological polar surface area (TPSA) is 79.6 Å². The molecule has 7 heteroatoms. The highest BCUT2D eigenvalue weighted by molar-refractivity contribution is 7.91. The van der Waals surface area contributed by atoms with Gasteiger partial charge in [-0.15, -0.1) is 0 Å². The molecule has 1 aliphatic rings. The van der Waals surface area contributed by atoms with Gasteiger partial charge in [-0.1, -0.05) is 30.3 Å². The maximum atomic E-state index is 12.5. The fourth-order valence-electron chi connectivity index (χ4n) is 3.08. The van der Waals surface area contributed by atoms with Gasteiger partial charge in [0.15, 0.2) is 9.84 Å². The SMILES string of the molecule is CN(C(=O)CN[C@H](c1ccccc1)c1ccco1)[C@H]1CCS(=O)(=O)C1. The largest absolute Gasteiger partial charge is 0.467 e. The van der Waals surface area contributed by atoms with Gasteiger partial charge in [-0.3, -0.25) is 10.1 Å². The van der Waals surface area contributed by atoms with Crippen LogP contribution in [0.2, 0.25) is 0 Å². The minimum absolute atomic E-state index is 0.0511. The van der Waals surface area contributed by atoms with Crippen LogP contribution in [0.1, 0.15) is 23.8 Å². The Hall–Kier alpha value is -2.12. The van der Waals surface area contributed by atoms with Gasteiger partial charge in [-0.05, 0) is 24.1 Å². The van der Waals surface area contributed by atoms with Crippen LogP contribution in [0, 0.1) is 0 Å². The predicted molar refractivity (Wildman–Crippen MR) is 94.8 cm³/mol. The van der Waals surface area contributed by atoms with E-state index in [4.69, 9.17) is 4.42 Å². The highest BCUT2D eigenvalue weighted by Crippen LogP contribution is 2.22. The monoisotopic (exact) mass is 362 g/mol. The second kappa shape index (κ2) is 7.41. The number of likely N-dealkylation sites (N-methyl/N-ethyl adjacent to an activating group) is 1. The van der Waals surface area contributed by atoms with Crippen LogP contribution in [-0.2, 0) is 14.6 Å². The zero-order valence-corrected chi connectivity index (χ0v) is 14.9. The molecule has 0 radical (unpaired) electrons. The van der Waals surface area contributed by atoms with Crippen molar-refractivity contribution in [3.63, 3.8) is 0 Å². The van der Waals surface area contributed by atoms with Crippen LogP contribution in [0.5, 0.6) is 0 Å². The van der Waals surface area contributed by atoms with Crippen molar-refractivity contribution in [3.8, 4) is 0 Å². The highest BCUT2D eigenvalue weighted by Gasteiger charge is 2.32. The molecule has 1 fully saturated rings. The summed E-state index contributed by atoms with van der Waals surface area (Å²) in [5.74, 6) is 0.803. The molecular weight excluding hydrogens is 340 g/mol. The number of hydrogen-bond donors (Lipinski definition) is 1. The summed E-state index contributed by atoms with van der Waals surface area (Å²) in [5, 5.41) is 3.23. The molecule has 0 bridgehead atoms.